The fourth-order valence-electron chi connectivity index (χ4n) is 2.63. The molecule has 0 aromatic carbocycles. The molecule has 1 saturated carbocycles. The second-order valence-electron chi connectivity index (χ2n) is 4.94. The molecule has 0 aromatic heterocycles. The van der Waals surface area contributed by atoms with Gasteiger partial charge in [-0.3, -0.25) is 0 Å². The smallest absolute Gasteiger partial charge is 0.0930 e. The van der Waals surface area contributed by atoms with Crippen molar-refractivity contribution in [3.63, 3.8) is 0 Å². The Morgan fingerprint density at radius 2 is 2.06 bits per heavy atom. The largest absolute Gasteiger partial charge is 0.383 e. The van der Waals surface area contributed by atoms with Gasteiger partial charge >= 0.3 is 0 Å². The molecule has 3 nitrogen and oxygen atoms in total. The van der Waals surface area contributed by atoms with Crippen LogP contribution in [-0.4, -0.2) is 12.1 Å². The summed E-state index contributed by atoms with van der Waals surface area (Å²) in [5.41, 5.74) is 7.22. The van der Waals surface area contributed by atoms with E-state index in [0.29, 0.717) is 12.0 Å². The molecule has 0 amide bonds. The summed E-state index contributed by atoms with van der Waals surface area (Å²) >= 11 is 0. The monoisotopic (exact) mass is 235 g/mol. The number of nitrogens with zero attached hydrogens (tertiary/aromatic N) is 1. The van der Waals surface area contributed by atoms with Crippen LogP contribution in [0.4, 0.5) is 0 Å². The number of hydrogen-bond donors (Lipinski definition) is 2. The topological polar surface area (TPSA) is 61.8 Å². The van der Waals surface area contributed by atoms with Gasteiger partial charge in [0.1, 0.15) is 0 Å². The van der Waals surface area contributed by atoms with E-state index in [1.54, 1.807) is 6.08 Å². The van der Waals surface area contributed by atoms with Gasteiger partial charge in [0.05, 0.1) is 6.07 Å². The minimum atomic E-state index is 0.236. The van der Waals surface area contributed by atoms with Gasteiger partial charge in [0.2, 0.25) is 0 Å². The zero-order chi connectivity index (χ0) is 12.7. The number of nitrogens with one attached hydrogen (secondary N) is 1. The molecule has 17 heavy (non-hydrogen) atoms. The van der Waals surface area contributed by atoms with Crippen molar-refractivity contribution in [1.29, 1.82) is 5.26 Å². The van der Waals surface area contributed by atoms with Crippen LogP contribution in [0, 0.1) is 17.2 Å². The van der Waals surface area contributed by atoms with Gasteiger partial charge in [0, 0.05) is 23.9 Å². The fourth-order valence-corrected chi connectivity index (χ4v) is 2.63. The highest BCUT2D eigenvalue weighted by Gasteiger charge is 2.23. The lowest BCUT2D eigenvalue weighted by Gasteiger charge is -2.32. The molecule has 3 N–H and O–H groups in total. The summed E-state index contributed by atoms with van der Waals surface area (Å²) in [6.45, 7) is 4.34. The molecule has 3 heteroatoms. The Morgan fingerprint density at radius 3 is 2.59 bits per heavy atom. The van der Waals surface area contributed by atoms with Crippen molar-refractivity contribution in [2.45, 2.75) is 64.5 Å². The number of nitrogens with two attached hydrogens (primary N) is 1. The second-order valence-corrected chi connectivity index (χ2v) is 4.94. The van der Waals surface area contributed by atoms with E-state index in [4.69, 9.17) is 11.0 Å². The number of allylic oxidation sites excluding steroid dienone is 2. The molecule has 0 aliphatic heterocycles. The van der Waals surface area contributed by atoms with E-state index in [1.165, 1.54) is 12.8 Å². The predicted molar refractivity (Wildman–Crippen MR) is 71.1 cm³/mol. The van der Waals surface area contributed by atoms with Crippen molar-refractivity contribution in [2.24, 2.45) is 11.7 Å². The van der Waals surface area contributed by atoms with Crippen LogP contribution in [0.2, 0.25) is 0 Å². The quantitative estimate of drug-likeness (QED) is 0.720. The molecule has 2 atom stereocenters. The van der Waals surface area contributed by atoms with Gasteiger partial charge in [-0.25, -0.2) is 0 Å². The molecule has 0 spiro atoms. The normalized spacial score (nSPS) is 25.7. The van der Waals surface area contributed by atoms with Crippen LogP contribution in [0.25, 0.3) is 0 Å². The summed E-state index contributed by atoms with van der Waals surface area (Å²) in [5.74, 6) is 0.462. The van der Waals surface area contributed by atoms with Crippen molar-refractivity contribution in [3.8, 4) is 6.07 Å². The molecule has 1 aliphatic carbocycles. The summed E-state index contributed by atoms with van der Waals surface area (Å²) in [7, 11) is 0. The highest BCUT2D eigenvalue weighted by molar-refractivity contribution is 5.16. The third kappa shape index (κ3) is 4.05. The zero-order valence-electron chi connectivity index (χ0n) is 11.1. The van der Waals surface area contributed by atoms with Crippen molar-refractivity contribution >= 4 is 0 Å². The van der Waals surface area contributed by atoms with Crippen LogP contribution in [0.5, 0.6) is 0 Å². The van der Waals surface area contributed by atoms with Crippen LogP contribution in [-0.2, 0) is 0 Å². The summed E-state index contributed by atoms with van der Waals surface area (Å²) in [4.78, 5) is 0. The van der Waals surface area contributed by atoms with Gasteiger partial charge < -0.3 is 11.1 Å². The Labute approximate surface area is 105 Å². The van der Waals surface area contributed by atoms with Gasteiger partial charge in [-0.1, -0.05) is 26.7 Å². The molecule has 1 rings (SSSR count). The Morgan fingerprint density at radius 1 is 1.41 bits per heavy atom. The maximum absolute atomic E-state index is 8.87. The molecule has 0 radical (unpaired) electrons. The SMILES string of the molecule is CCC(CC)/C(=C\C#N)NC1CCCCC1N. The Bertz CT molecular complexity index is 286. The van der Waals surface area contributed by atoms with E-state index in [9.17, 15) is 0 Å². The first-order chi connectivity index (χ1) is 8.22. The molecule has 2 unspecified atom stereocenters. The lowest BCUT2D eigenvalue weighted by atomic mass is 9.89. The average molecular weight is 235 g/mol. The first kappa shape index (κ1) is 14.1. The van der Waals surface area contributed by atoms with Crippen LogP contribution < -0.4 is 11.1 Å². The fraction of sp³-hybridized carbons (Fsp3) is 0.786. The van der Waals surface area contributed by atoms with Gasteiger partial charge in [-0.15, -0.1) is 0 Å². The standard InChI is InChI=1S/C14H25N3/c1-3-11(4-2)13(9-10-15)17-14-8-6-5-7-12(14)16/h9,11-12,14,17H,3-8,16H2,1-2H3/b13-9+. The minimum Gasteiger partial charge on any atom is -0.383 e. The molecule has 96 valence electrons. The highest BCUT2D eigenvalue weighted by Crippen LogP contribution is 2.22. The van der Waals surface area contributed by atoms with E-state index in [2.05, 4.69) is 25.2 Å². The van der Waals surface area contributed by atoms with Crippen LogP contribution in [0.15, 0.2) is 11.8 Å². The van der Waals surface area contributed by atoms with E-state index in [-0.39, 0.29) is 6.04 Å². The third-order valence-corrected chi connectivity index (χ3v) is 3.82. The van der Waals surface area contributed by atoms with Gasteiger partial charge in [-0.05, 0) is 31.6 Å². The van der Waals surface area contributed by atoms with Gasteiger partial charge in [0.25, 0.3) is 0 Å². The van der Waals surface area contributed by atoms with E-state index >= 15 is 0 Å². The number of nitriles is 1. The number of rotatable bonds is 5. The zero-order valence-corrected chi connectivity index (χ0v) is 11.1. The van der Waals surface area contributed by atoms with Crippen molar-refractivity contribution in [3.05, 3.63) is 11.8 Å². The molecule has 0 aromatic rings. The van der Waals surface area contributed by atoms with Crippen LogP contribution in [0.1, 0.15) is 52.4 Å². The lowest BCUT2D eigenvalue weighted by molar-refractivity contribution is 0.332. The maximum atomic E-state index is 8.87. The van der Waals surface area contributed by atoms with E-state index in [0.717, 1.165) is 31.4 Å². The summed E-state index contributed by atoms with van der Waals surface area (Å²) in [5, 5.41) is 12.4. The summed E-state index contributed by atoms with van der Waals surface area (Å²) < 4.78 is 0. The van der Waals surface area contributed by atoms with Crippen LogP contribution >= 0.6 is 0 Å². The first-order valence-corrected chi connectivity index (χ1v) is 6.84. The second kappa shape index (κ2) is 7.34. The third-order valence-electron chi connectivity index (χ3n) is 3.82. The molecule has 0 heterocycles. The van der Waals surface area contributed by atoms with Crippen molar-refractivity contribution in [2.75, 3.05) is 0 Å². The lowest BCUT2D eigenvalue weighted by Crippen LogP contribution is -2.47. The molecular formula is C14H25N3. The van der Waals surface area contributed by atoms with E-state index < -0.39 is 0 Å². The minimum absolute atomic E-state index is 0.236. The Balaban J connectivity index is 2.66. The van der Waals surface area contributed by atoms with Crippen molar-refractivity contribution < 1.29 is 0 Å². The Hall–Kier alpha value is -1.01. The van der Waals surface area contributed by atoms with Crippen molar-refractivity contribution in [1.82, 2.24) is 5.32 Å². The molecule has 0 saturated heterocycles. The van der Waals surface area contributed by atoms with Gasteiger partial charge in [0.15, 0.2) is 0 Å². The summed E-state index contributed by atoms with van der Waals surface area (Å²) in [6, 6.07) is 2.74. The first-order valence-electron chi connectivity index (χ1n) is 6.84. The average Bonchev–Trinajstić information content (AvgIpc) is 2.34. The van der Waals surface area contributed by atoms with Crippen LogP contribution in [0.3, 0.4) is 0 Å². The predicted octanol–water partition coefficient (Wildman–Crippen LogP) is 2.69. The highest BCUT2D eigenvalue weighted by atomic mass is 15.0. The molecule has 0 bridgehead atoms. The molecule has 1 aliphatic rings. The number of hydrogen-bond acceptors (Lipinski definition) is 3. The molecule has 1 fully saturated rings. The summed E-state index contributed by atoms with van der Waals surface area (Å²) in [6.07, 6.45) is 8.51. The Kier molecular flexibility index (Phi) is 6.07. The molecular weight excluding hydrogens is 210 g/mol. The maximum Gasteiger partial charge on any atom is 0.0930 e. The van der Waals surface area contributed by atoms with Gasteiger partial charge in [-0.2, -0.15) is 5.26 Å². The van der Waals surface area contributed by atoms with E-state index in [1.807, 2.05) is 0 Å².